The topological polar surface area (TPSA) is 68.0 Å². The molecule has 0 fully saturated rings. The average molecular weight is 549 g/mol. The van der Waals surface area contributed by atoms with Crippen LogP contribution in [0.5, 0.6) is 0 Å². The van der Waals surface area contributed by atoms with Gasteiger partial charge < -0.3 is 5.11 Å². The number of aryl methyl sites for hydroxylation is 1. The van der Waals surface area contributed by atoms with Crippen molar-refractivity contribution in [2.75, 3.05) is 0 Å². The first-order valence-corrected chi connectivity index (χ1v) is 8.35. The van der Waals surface area contributed by atoms with E-state index in [1.807, 2.05) is 43.6 Å². The minimum Gasteiger partial charge on any atom is -0.477 e. The molecule has 4 rings (SSSR count). The first-order chi connectivity index (χ1) is 13.1. The maximum Gasteiger partial charge on any atom is 0.354 e. The van der Waals surface area contributed by atoms with Gasteiger partial charge in [-0.3, -0.25) is 4.68 Å². The van der Waals surface area contributed by atoms with Crippen molar-refractivity contribution in [3.63, 3.8) is 0 Å². The zero-order valence-electron chi connectivity index (χ0n) is 15.1. The molecule has 0 aliphatic carbocycles. The smallest absolute Gasteiger partial charge is 0.354 e. The maximum atomic E-state index is 10.1. The number of benzene rings is 2. The van der Waals surface area contributed by atoms with Gasteiger partial charge in [0.25, 0.3) is 0 Å². The predicted octanol–water partition coefficient (Wildman–Crippen LogP) is 4.33. The summed E-state index contributed by atoms with van der Waals surface area (Å²) >= 11 is 0. The second-order valence-electron chi connectivity index (χ2n) is 5.75. The van der Waals surface area contributed by atoms with E-state index in [9.17, 15) is 4.79 Å². The Labute approximate surface area is 177 Å². The Kier molecular flexibility index (Phi) is 7.81. The van der Waals surface area contributed by atoms with Crippen LogP contribution in [-0.2, 0) is 27.2 Å². The summed E-state index contributed by atoms with van der Waals surface area (Å²) in [6.07, 6.45) is 3.39. The number of aromatic carboxylic acids is 1. The van der Waals surface area contributed by atoms with Gasteiger partial charge in [0.05, 0.1) is 0 Å². The van der Waals surface area contributed by atoms with E-state index < -0.39 is 5.97 Å². The summed E-state index contributed by atoms with van der Waals surface area (Å²) in [6.45, 7) is 0. The molecule has 6 heteroatoms. The molecule has 2 heterocycles. The molecule has 2 aromatic heterocycles. The third-order valence-corrected chi connectivity index (χ3v) is 3.78. The van der Waals surface area contributed by atoms with E-state index in [0.29, 0.717) is 0 Å². The van der Waals surface area contributed by atoms with Gasteiger partial charge in [-0.25, -0.2) is 14.9 Å². The molecule has 0 saturated heterocycles. The fourth-order valence-electron chi connectivity index (χ4n) is 2.47. The second-order valence-corrected chi connectivity index (χ2v) is 5.75. The monoisotopic (exact) mass is 549 g/mol. The van der Waals surface area contributed by atoms with Crippen molar-refractivity contribution >= 4 is 5.97 Å². The number of hydrogen-bond donors (Lipinski definition) is 1. The van der Waals surface area contributed by atoms with E-state index in [4.69, 9.17) is 5.11 Å². The van der Waals surface area contributed by atoms with Gasteiger partial charge in [0.1, 0.15) is 5.69 Å². The molecule has 0 amide bonds. The van der Waals surface area contributed by atoms with Crippen LogP contribution in [0.15, 0.2) is 85.2 Å². The van der Waals surface area contributed by atoms with Gasteiger partial charge in [-0.2, -0.15) is 0 Å². The van der Waals surface area contributed by atoms with E-state index >= 15 is 0 Å². The standard InChI is InChI=1S/C16H13N2.C6H5NO2.Ir/c1-18-11-10-16(17-18)15-9-5-8-14(12-15)13-6-3-2-4-7-13;8-6(9)5-3-1-2-4-7-5;/h2-8,10-12H,1H3;1-4H,(H,8,9);/q-1;;. The number of carboxylic acids is 1. The maximum absolute atomic E-state index is 10.1. The number of carboxylic acid groups (broad SMARTS) is 1. The largest absolute Gasteiger partial charge is 0.477 e. The summed E-state index contributed by atoms with van der Waals surface area (Å²) in [7, 11) is 1.92. The molecule has 0 aliphatic rings. The summed E-state index contributed by atoms with van der Waals surface area (Å²) in [6, 6.07) is 26.5. The fourth-order valence-corrected chi connectivity index (χ4v) is 2.47. The van der Waals surface area contributed by atoms with E-state index in [0.717, 1.165) is 11.3 Å². The van der Waals surface area contributed by atoms with Crippen LogP contribution in [0, 0.1) is 6.07 Å². The molecule has 28 heavy (non-hydrogen) atoms. The van der Waals surface area contributed by atoms with E-state index in [1.54, 1.807) is 16.8 Å². The van der Waals surface area contributed by atoms with Gasteiger partial charge in [0.2, 0.25) is 0 Å². The van der Waals surface area contributed by atoms with Gasteiger partial charge >= 0.3 is 5.97 Å². The van der Waals surface area contributed by atoms with Crippen molar-refractivity contribution in [1.29, 1.82) is 0 Å². The molecule has 2 aromatic carbocycles. The third kappa shape index (κ3) is 5.71. The quantitative estimate of drug-likeness (QED) is 0.387. The Bertz CT molecular complexity index is 1020. The molecule has 0 unspecified atom stereocenters. The summed E-state index contributed by atoms with van der Waals surface area (Å²) in [5.41, 5.74) is 4.46. The van der Waals surface area contributed by atoms with E-state index in [1.165, 1.54) is 23.4 Å². The van der Waals surface area contributed by atoms with Crippen LogP contribution in [0.25, 0.3) is 22.4 Å². The van der Waals surface area contributed by atoms with Crippen LogP contribution < -0.4 is 0 Å². The van der Waals surface area contributed by atoms with Crippen molar-refractivity contribution in [3.8, 4) is 22.4 Å². The van der Waals surface area contributed by atoms with Crippen LogP contribution in [0.2, 0.25) is 0 Å². The second kappa shape index (κ2) is 10.3. The number of pyridine rings is 1. The van der Waals surface area contributed by atoms with Gasteiger partial charge in [-0.15, -0.1) is 35.4 Å². The van der Waals surface area contributed by atoms with Gasteiger partial charge in [0, 0.05) is 45.2 Å². The van der Waals surface area contributed by atoms with E-state index in [2.05, 4.69) is 40.4 Å². The number of nitrogens with zero attached hydrogens (tertiary/aromatic N) is 3. The normalized spacial score (nSPS) is 9.61. The molecule has 1 N–H and O–H groups in total. The Hall–Kier alpha value is -3.08. The zero-order chi connectivity index (χ0) is 19.1. The van der Waals surface area contributed by atoms with Crippen molar-refractivity contribution in [2.24, 2.45) is 7.05 Å². The van der Waals surface area contributed by atoms with Crippen molar-refractivity contribution < 1.29 is 30.0 Å². The first kappa shape index (κ1) is 21.2. The Balaban J connectivity index is 0.000000239. The van der Waals surface area contributed by atoms with Crippen LogP contribution in [0.3, 0.4) is 0 Å². The van der Waals surface area contributed by atoms with Crippen LogP contribution in [0.1, 0.15) is 10.5 Å². The number of aromatic nitrogens is 3. The van der Waals surface area contributed by atoms with Gasteiger partial charge in [-0.05, 0) is 17.7 Å². The molecule has 1 radical (unpaired) electrons. The van der Waals surface area contributed by atoms with Crippen LogP contribution >= 0.6 is 0 Å². The van der Waals surface area contributed by atoms with Crippen molar-refractivity contribution in [2.45, 2.75) is 0 Å². The Morgan fingerprint density at radius 3 is 2.32 bits per heavy atom. The molecule has 0 bridgehead atoms. The molecule has 143 valence electrons. The van der Waals surface area contributed by atoms with Gasteiger partial charge in [-0.1, -0.05) is 42.5 Å². The Morgan fingerprint density at radius 1 is 1.00 bits per heavy atom. The molecule has 5 nitrogen and oxygen atoms in total. The molecule has 0 saturated carbocycles. The van der Waals surface area contributed by atoms with Crippen molar-refractivity contribution in [1.82, 2.24) is 14.8 Å². The molecule has 0 atom stereocenters. The fraction of sp³-hybridized carbons (Fsp3) is 0.0455. The molecule has 0 spiro atoms. The average Bonchev–Trinajstić information content (AvgIpc) is 3.16. The summed E-state index contributed by atoms with van der Waals surface area (Å²) in [4.78, 5) is 13.7. The number of hydrogen-bond acceptors (Lipinski definition) is 3. The van der Waals surface area contributed by atoms with Crippen molar-refractivity contribution in [3.05, 3.63) is 97.0 Å². The van der Waals surface area contributed by atoms with Crippen LogP contribution in [0.4, 0.5) is 0 Å². The molecule has 4 aromatic rings. The summed E-state index contributed by atoms with van der Waals surface area (Å²) in [5, 5.41) is 12.7. The minimum absolute atomic E-state index is 0. The summed E-state index contributed by atoms with van der Waals surface area (Å²) < 4.78 is 1.80. The Morgan fingerprint density at radius 2 is 1.75 bits per heavy atom. The third-order valence-electron chi connectivity index (χ3n) is 3.78. The number of carbonyl (C=O) groups is 1. The minimum atomic E-state index is -0.990. The van der Waals surface area contributed by atoms with E-state index in [-0.39, 0.29) is 25.8 Å². The van der Waals surface area contributed by atoms with Gasteiger partial charge in [0.15, 0.2) is 0 Å². The molecular formula is C22H18IrN3O2-. The molecular weight excluding hydrogens is 530 g/mol. The molecule has 0 aliphatic heterocycles. The zero-order valence-corrected chi connectivity index (χ0v) is 17.5. The number of rotatable bonds is 3. The first-order valence-electron chi connectivity index (χ1n) is 8.35. The summed E-state index contributed by atoms with van der Waals surface area (Å²) in [5.74, 6) is -0.990. The SMILES string of the molecule is Cn1ccc(-c2[c-]ccc(-c3ccccc3)c2)n1.O=C(O)c1ccccn1.[Ir]. The predicted molar refractivity (Wildman–Crippen MR) is 104 cm³/mol. The van der Waals surface area contributed by atoms with Crippen LogP contribution in [-0.4, -0.2) is 25.8 Å².